The van der Waals surface area contributed by atoms with Crippen LogP contribution >= 0.6 is 0 Å². The van der Waals surface area contributed by atoms with Gasteiger partial charge in [-0.2, -0.15) is 0 Å². The van der Waals surface area contributed by atoms with E-state index in [1.807, 2.05) is 0 Å². The number of nitrogens with zero attached hydrogens (tertiary/aromatic N) is 1. The van der Waals surface area contributed by atoms with Crippen LogP contribution in [0.1, 0.15) is 36.0 Å². The summed E-state index contributed by atoms with van der Waals surface area (Å²) in [6.07, 6.45) is 1.77. The van der Waals surface area contributed by atoms with Crippen molar-refractivity contribution in [3.63, 3.8) is 0 Å². The smallest absolute Gasteiger partial charge is 0.285 e. The molecule has 1 aromatic rings. The normalized spacial score (nSPS) is 21.9. The SMILES string of the molecule is O=C(NC1CCCC(O)C1)c1cc(F)c(F)cc1[N+](=O)[O-]. The molecule has 1 fully saturated rings. The first kappa shape index (κ1) is 15.3. The number of nitro groups is 1. The van der Waals surface area contributed by atoms with Gasteiger partial charge < -0.3 is 10.4 Å². The van der Waals surface area contributed by atoms with E-state index >= 15 is 0 Å². The van der Waals surface area contributed by atoms with Crippen molar-refractivity contribution in [3.8, 4) is 0 Å². The first-order chi connectivity index (χ1) is 9.88. The van der Waals surface area contributed by atoms with Crippen LogP contribution in [-0.4, -0.2) is 28.1 Å². The zero-order valence-corrected chi connectivity index (χ0v) is 11.0. The highest BCUT2D eigenvalue weighted by atomic mass is 19.2. The minimum Gasteiger partial charge on any atom is -0.393 e. The Kier molecular flexibility index (Phi) is 4.46. The Labute approximate surface area is 118 Å². The second-order valence-corrected chi connectivity index (χ2v) is 5.03. The van der Waals surface area contributed by atoms with Crippen LogP contribution in [0.15, 0.2) is 12.1 Å². The lowest BCUT2D eigenvalue weighted by Gasteiger charge is -2.26. The van der Waals surface area contributed by atoms with E-state index in [9.17, 15) is 28.8 Å². The number of rotatable bonds is 3. The molecule has 1 aromatic carbocycles. The van der Waals surface area contributed by atoms with Crippen LogP contribution in [0.5, 0.6) is 0 Å². The highest BCUT2D eigenvalue weighted by molar-refractivity contribution is 5.98. The number of halogens is 2. The fraction of sp³-hybridized carbons (Fsp3) is 0.462. The molecule has 2 rings (SSSR count). The molecule has 8 heteroatoms. The van der Waals surface area contributed by atoms with Gasteiger partial charge in [0.25, 0.3) is 11.6 Å². The molecule has 2 atom stereocenters. The van der Waals surface area contributed by atoms with Crippen molar-refractivity contribution in [2.75, 3.05) is 0 Å². The molecule has 0 saturated heterocycles. The van der Waals surface area contributed by atoms with Gasteiger partial charge >= 0.3 is 0 Å². The van der Waals surface area contributed by atoms with Gasteiger partial charge in [-0.05, 0) is 31.7 Å². The molecule has 2 N–H and O–H groups in total. The maximum Gasteiger partial charge on any atom is 0.285 e. The third-order valence-electron chi connectivity index (χ3n) is 3.46. The molecule has 0 heterocycles. The van der Waals surface area contributed by atoms with Gasteiger partial charge in [0.2, 0.25) is 0 Å². The van der Waals surface area contributed by atoms with Gasteiger partial charge in [0.15, 0.2) is 11.6 Å². The van der Waals surface area contributed by atoms with Gasteiger partial charge in [-0.25, -0.2) is 8.78 Å². The van der Waals surface area contributed by atoms with Crippen molar-refractivity contribution in [1.82, 2.24) is 5.32 Å². The van der Waals surface area contributed by atoms with Crippen molar-refractivity contribution in [2.24, 2.45) is 0 Å². The van der Waals surface area contributed by atoms with Crippen molar-refractivity contribution in [1.29, 1.82) is 0 Å². The van der Waals surface area contributed by atoms with Crippen molar-refractivity contribution >= 4 is 11.6 Å². The van der Waals surface area contributed by atoms with Crippen LogP contribution < -0.4 is 5.32 Å². The summed E-state index contributed by atoms with van der Waals surface area (Å²) in [7, 11) is 0. The molecule has 1 aliphatic carbocycles. The number of hydrogen-bond donors (Lipinski definition) is 2. The van der Waals surface area contributed by atoms with Crippen LogP contribution in [0.3, 0.4) is 0 Å². The maximum atomic E-state index is 13.2. The number of nitro benzene ring substituents is 1. The first-order valence-electron chi connectivity index (χ1n) is 6.51. The molecule has 21 heavy (non-hydrogen) atoms. The van der Waals surface area contributed by atoms with E-state index in [0.717, 1.165) is 0 Å². The Bertz CT molecular complexity index is 580. The number of amides is 1. The summed E-state index contributed by atoms with van der Waals surface area (Å²) >= 11 is 0. The van der Waals surface area contributed by atoms with Gasteiger partial charge in [0.1, 0.15) is 5.56 Å². The lowest BCUT2D eigenvalue weighted by Crippen LogP contribution is -2.40. The van der Waals surface area contributed by atoms with Crippen LogP contribution in [0, 0.1) is 21.7 Å². The topological polar surface area (TPSA) is 92.5 Å². The van der Waals surface area contributed by atoms with E-state index in [4.69, 9.17) is 0 Å². The van der Waals surface area contributed by atoms with Gasteiger partial charge in [-0.1, -0.05) is 0 Å². The second kappa shape index (κ2) is 6.13. The number of nitrogens with one attached hydrogen (secondary N) is 1. The van der Waals surface area contributed by atoms with E-state index in [2.05, 4.69) is 5.32 Å². The fourth-order valence-electron chi connectivity index (χ4n) is 2.43. The van der Waals surface area contributed by atoms with Crippen LogP contribution in [0.2, 0.25) is 0 Å². The van der Waals surface area contributed by atoms with Crippen molar-refractivity contribution < 1.29 is 23.6 Å². The minimum absolute atomic E-state index is 0.337. The lowest BCUT2D eigenvalue weighted by atomic mass is 9.93. The Morgan fingerprint density at radius 2 is 2.00 bits per heavy atom. The Morgan fingerprint density at radius 3 is 2.62 bits per heavy atom. The summed E-state index contributed by atoms with van der Waals surface area (Å²) in [4.78, 5) is 21.9. The average Bonchev–Trinajstić information content (AvgIpc) is 2.41. The standard InChI is InChI=1S/C13H14F2N2O4/c14-10-5-9(12(17(20)21)6-11(10)15)13(19)16-7-2-1-3-8(18)4-7/h5-8,18H,1-4H2,(H,16,19). The highest BCUT2D eigenvalue weighted by Crippen LogP contribution is 2.24. The molecule has 0 radical (unpaired) electrons. The van der Waals surface area contributed by atoms with Crippen LogP contribution in [0.25, 0.3) is 0 Å². The molecule has 2 unspecified atom stereocenters. The quantitative estimate of drug-likeness (QED) is 0.658. The molecule has 0 aromatic heterocycles. The van der Waals surface area contributed by atoms with Crippen LogP contribution in [0.4, 0.5) is 14.5 Å². The number of aliphatic hydroxyl groups excluding tert-OH is 1. The zero-order valence-electron chi connectivity index (χ0n) is 11.0. The first-order valence-corrected chi connectivity index (χ1v) is 6.51. The number of carbonyl (C=O) groups excluding carboxylic acids is 1. The average molecular weight is 300 g/mol. The number of aliphatic hydroxyl groups is 1. The van der Waals surface area contributed by atoms with Crippen molar-refractivity contribution in [2.45, 2.75) is 37.8 Å². The highest BCUT2D eigenvalue weighted by Gasteiger charge is 2.27. The number of carbonyl (C=O) groups is 1. The zero-order chi connectivity index (χ0) is 15.6. The predicted octanol–water partition coefficient (Wildman–Crippen LogP) is 1.91. The molecule has 1 amide bonds. The largest absolute Gasteiger partial charge is 0.393 e. The summed E-state index contributed by atoms with van der Waals surface area (Å²) < 4.78 is 26.3. The minimum atomic E-state index is -1.38. The lowest BCUT2D eigenvalue weighted by molar-refractivity contribution is -0.385. The van der Waals surface area contributed by atoms with E-state index < -0.39 is 39.8 Å². The Hall–Kier alpha value is -2.09. The molecular weight excluding hydrogens is 286 g/mol. The molecule has 114 valence electrons. The number of hydrogen-bond acceptors (Lipinski definition) is 4. The number of benzene rings is 1. The molecule has 0 bridgehead atoms. The summed E-state index contributed by atoms with van der Waals surface area (Å²) in [6.45, 7) is 0. The fourth-order valence-corrected chi connectivity index (χ4v) is 2.43. The van der Waals surface area contributed by atoms with Gasteiger partial charge in [-0.15, -0.1) is 0 Å². The Balaban J connectivity index is 2.22. The van der Waals surface area contributed by atoms with Gasteiger partial charge in [-0.3, -0.25) is 14.9 Å². The summed E-state index contributed by atoms with van der Waals surface area (Å²) in [5, 5.41) is 22.9. The molecular formula is C13H14F2N2O4. The summed E-state index contributed by atoms with van der Waals surface area (Å²) in [5.74, 6) is -3.56. The monoisotopic (exact) mass is 300 g/mol. The van der Waals surface area contributed by atoms with E-state index in [1.54, 1.807) is 0 Å². The molecule has 0 aliphatic heterocycles. The summed E-state index contributed by atoms with van der Waals surface area (Å²) in [5.41, 5.74) is -1.32. The maximum absolute atomic E-state index is 13.2. The summed E-state index contributed by atoms with van der Waals surface area (Å²) in [6, 6.07) is 0.566. The van der Waals surface area contributed by atoms with Crippen molar-refractivity contribution in [3.05, 3.63) is 39.4 Å². The predicted molar refractivity (Wildman–Crippen MR) is 68.7 cm³/mol. The second-order valence-electron chi connectivity index (χ2n) is 5.03. The third-order valence-corrected chi connectivity index (χ3v) is 3.46. The van der Waals surface area contributed by atoms with Gasteiger partial charge in [0.05, 0.1) is 17.1 Å². The van der Waals surface area contributed by atoms with Crippen LogP contribution in [-0.2, 0) is 0 Å². The molecule has 1 aliphatic rings. The van der Waals surface area contributed by atoms with E-state index in [-0.39, 0.29) is 6.04 Å². The molecule has 1 saturated carbocycles. The Morgan fingerprint density at radius 1 is 1.33 bits per heavy atom. The van der Waals surface area contributed by atoms with Gasteiger partial charge in [0, 0.05) is 6.04 Å². The third kappa shape index (κ3) is 3.52. The van der Waals surface area contributed by atoms with E-state index in [1.165, 1.54) is 0 Å². The molecule has 0 spiro atoms. The molecule has 6 nitrogen and oxygen atoms in total. The van der Waals surface area contributed by atoms with E-state index in [0.29, 0.717) is 37.8 Å².